The number of benzene rings is 3. The first kappa shape index (κ1) is 30.3. The molecule has 1 atom stereocenters. The maximum atomic E-state index is 14.5. The number of fused-ring (bicyclic) bond motifs is 1. The quantitative estimate of drug-likeness (QED) is 0.305. The molecule has 0 aromatic heterocycles. The molecule has 2 aliphatic rings. The maximum absolute atomic E-state index is 14.5. The summed E-state index contributed by atoms with van der Waals surface area (Å²) >= 11 is 6.41. The van der Waals surface area contributed by atoms with Gasteiger partial charge in [0.1, 0.15) is 5.72 Å². The van der Waals surface area contributed by atoms with Gasteiger partial charge in [-0.25, -0.2) is 0 Å². The Hall–Kier alpha value is -3.19. The van der Waals surface area contributed by atoms with Crippen LogP contribution in [0.5, 0.6) is 0 Å². The first-order valence-electron chi connectivity index (χ1n) is 15.0. The second-order valence-corrected chi connectivity index (χ2v) is 12.7. The molecule has 1 unspecified atom stereocenters. The van der Waals surface area contributed by atoms with Crippen LogP contribution in [0.4, 0.5) is 11.4 Å². The van der Waals surface area contributed by atoms with E-state index in [0.29, 0.717) is 28.3 Å². The fourth-order valence-corrected chi connectivity index (χ4v) is 6.78. The Morgan fingerprint density at radius 1 is 0.976 bits per heavy atom. The molecule has 2 amide bonds. The molecule has 2 heterocycles. The van der Waals surface area contributed by atoms with E-state index in [9.17, 15) is 9.59 Å². The highest BCUT2D eigenvalue weighted by Gasteiger charge is 2.44. The summed E-state index contributed by atoms with van der Waals surface area (Å²) in [6.07, 6.45) is 6.75. The number of ether oxygens (including phenoxy) is 1. The molecule has 0 spiro atoms. The smallest absolute Gasteiger partial charge is 0.260 e. The number of carbonyl (C=O) groups is 2. The van der Waals surface area contributed by atoms with E-state index in [1.165, 1.54) is 19.3 Å². The van der Waals surface area contributed by atoms with Gasteiger partial charge in [-0.2, -0.15) is 0 Å². The predicted molar refractivity (Wildman–Crippen MR) is 171 cm³/mol. The van der Waals surface area contributed by atoms with Crippen LogP contribution in [0.15, 0.2) is 66.7 Å². The van der Waals surface area contributed by atoms with Crippen LogP contribution in [0, 0.1) is 6.92 Å². The standard InChI is InChI=1S/C35H42ClN3O3/c1-25-10-5-6-12-30(25)32(40)37-29-16-13-26(14-17-29)33(41)39-31-18-15-28(36)24-27(31)11-9-20-35(39,42-4)21-23-38-22-8-7-19-34(38,2)3/h5-6,10,12-18,24H,7-9,11,19-23H2,1-4H3,(H,37,40). The molecule has 0 aliphatic carbocycles. The van der Waals surface area contributed by atoms with Crippen LogP contribution >= 0.6 is 11.6 Å². The largest absolute Gasteiger partial charge is 0.358 e. The number of nitrogens with one attached hydrogen (secondary N) is 1. The molecule has 42 heavy (non-hydrogen) atoms. The first-order valence-corrected chi connectivity index (χ1v) is 15.4. The lowest BCUT2D eigenvalue weighted by atomic mass is 9.89. The molecule has 3 aromatic carbocycles. The number of methoxy groups -OCH3 is 1. The van der Waals surface area contributed by atoms with Crippen molar-refractivity contribution in [2.45, 2.75) is 77.0 Å². The third-order valence-electron chi connectivity index (χ3n) is 9.16. The van der Waals surface area contributed by atoms with Crippen molar-refractivity contribution in [3.63, 3.8) is 0 Å². The monoisotopic (exact) mass is 587 g/mol. The van der Waals surface area contributed by atoms with Gasteiger partial charge in [-0.1, -0.05) is 36.2 Å². The van der Waals surface area contributed by atoms with Crippen LogP contribution in [-0.4, -0.2) is 48.2 Å². The van der Waals surface area contributed by atoms with Crippen molar-refractivity contribution in [1.82, 2.24) is 4.90 Å². The highest BCUT2D eigenvalue weighted by atomic mass is 35.5. The number of rotatable bonds is 7. The van der Waals surface area contributed by atoms with E-state index in [1.807, 2.05) is 48.2 Å². The molecule has 0 radical (unpaired) electrons. The number of amides is 2. The lowest BCUT2D eigenvalue weighted by Crippen LogP contribution is -2.56. The maximum Gasteiger partial charge on any atom is 0.260 e. The molecule has 1 saturated heterocycles. The molecule has 3 aromatic rings. The number of anilines is 2. The fourth-order valence-electron chi connectivity index (χ4n) is 6.58. The van der Waals surface area contributed by atoms with Gasteiger partial charge < -0.3 is 10.1 Å². The molecule has 1 fully saturated rings. The summed E-state index contributed by atoms with van der Waals surface area (Å²) in [4.78, 5) is 31.8. The number of nitrogens with zero attached hydrogens (tertiary/aromatic N) is 2. The third-order valence-corrected chi connectivity index (χ3v) is 9.40. The Labute approximate surface area is 255 Å². The van der Waals surface area contributed by atoms with Gasteiger partial charge in [0.05, 0.1) is 5.69 Å². The van der Waals surface area contributed by atoms with Gasteiger partial charge in [-0.3, -0.25) is 19.4 Å². The number of aryl methyl sites for hydroxylation is 2. The number of carbonyl (C=O) groups excluding carboxylic acids is 2. The van der Waals surface area contributed by atoms with Crippen LogP contribution in [-0.2, 0) is 11.2 Å². The summed E-state index contributed by atoms with van der Waals surface area (Å²) in [6.45, 7) is 8.45. The van der Waals surface area contributed by atoms with Crippen LogP contribution in [0.3, 0.4) is 0 Å². The Morgan fingerprint density at radius 3 is 2.45 bits per heavy atom. The summed E-state index contributed by atoms with van der Waals surface area (Å²) in [6, 6.07) is 20.4. The van der Waals surface area contributed by atoms with E-state index >= 15 is 0 Å². The zero-order valence-electron chi connectivity index (χ0n) is 25.2. The lowest BCUT2D eigenvalue weighted by molar-refractivity contribution is -0.0392. The van der Waals surface area contributed by atoms with Gasteiger partial charge in [0.2, 0.25) is 0 Å². The molecular weight excluding hydrogens is 546 g/mol. The molecule has 2 aliphatic heterocycles. The summed E-state index contributed by atoms with van der Waals surface area (Å²) in [7, 11) is 1.73. The Morgan fingerprint density at radius 2 is 1.74 bits per heavy atom. The van der Waals surface area contributed by atoms with Crippen molar-refractivity contribution >= 4 is 34.8 Å². The van der Waals surface area contributed by atoms with Crippen molar-refractivity contribution < 1.29 is 14.3 Å². The first-order chi connectivity index (χ1) is 20.1. The summed E-state index contributed by atoms with van der Waals surface area (Å²) in [5.41, 5.74) is 3.91. The number of piperidine rings is 1. The number of likely N-dealkylation sites (tertiary alicyclic amines) is 1. The molecule has 0 bridgehead atoms. The van der Waals surface area contributed by atoms with Gasteiger partial charge in [0.25, 0.3) is 11.8 Å². The SMILES string of the molecule is COC1(CCN2CCCCC2(C)C)CCCc2cc(Cl)ccc2N1C(=O)c1ccc(NC(=O)c2ccccc2C)cc1. The number of hydrogen-bond donors (Lipinski definition) is 1. The summed E-state index contributed by atoms with van der Waals surface area (Å²) in [5.74, 6) is -0.304. The van der Waals surface area contributed by atoms with E-state index in [-0.39, 0.29) is 17.4 Å². The van der Waals surface area contributed by atoms with Crippen LogP contribution < -0.4 is 10.2 Å². The molecule has 222 valence electrons. The van der Waals surface area contributed by atoms with E-state index in [2.05, 4.69) is 24.1 Å². The van der Waals surface area contributed by atoms with Gasteiger partial charge in [-0.05, 0) is 119 Å². The second kappa shape index (κ2) is 12.6. The third kappa shape index (κ3) is 6.26. The summed E-state index contributed by atoms with van der Waals surface area (Å²) < 4.78 is 6.39. The normalized spacial score (nSPS) is 20.5. The van der Waals surface area contributed by atoms with Crippen LogP contribution in [0.2, 0.25) is 5.02 Å². The topological polar surface area (TPSA) is 61.9 Å². The Kier molecular flexibility index (Phi) is 9.07. The van der Waals surface area contributed by atoms with E-state index in [4.69, 9.17) is 16.3 Å². The van der Waals surface area contributed by atoms with Crippen molar-refractivity contribution in [3.05, 3.63) is 94.0 Å². The highest BCUT2D eigenvalue weighted by Crippen LogP contribution is 2.41. The number of hydrogen-bond acceptors (Lipinski definition) is 4. The van der Waals surface area contributed by atoms with Crippen molar-refractivity contribution in [2.75, 3.05) is 30.4 Å². The van der Waals surface area contributed by atoms with Crippen LogP contribution in [0.25, 0.3) is 0 Å². The minimum absolute atomic E-state index is 0.122. The molecule has 1 N–H and O–H groups in total. The van der Waals surface area contributed by atoms with E-state index in [1.54, 1.807) is 37.4 Å². The Bertz CT molecular complexity index is 1440. The zero-order chi connectivity index (χ0) is 29.9. The van der Waals surface area contributed by atoms with Crippen molar-refractivity contribution in [2.24, 2.45) is 0 Å². The average Bonchev–Trinajstić information content (AvgIpc) is 3.13. The Balaban J connectivity index is 1.45. The molecule has 5 rings (SSSR count). The molecule has 0 saturated carbocycles. The van der Waals surface area contributed by atoms with Gasteiger partial charge in [-0.15, -0.1) is 0 Å². The summed E-state index contributed by atoms with van der Waals surface area (Å²) in [5, 5.41) is 3.62. The highest BCUT2D eigenvalue weighted by molar-refractivity contribution is 6.30. The van der Waals surface area contributed by atoms with Gasteiger partial charge in [0.15, 0.2) is 0 Å². The zero-order valence-corrected chi connectivity index (χ0v) is 26.0. The molecule has 6 nitrogen and oxygen atoms in total. The van der Waals surface area contributed by atoms with Gasteiger partial charge >= 0.3 is 0 Å². The number of halogens is 1. The molecular formula is C35H42ClN3O3. The minimum Gasteiger partial charge on any atom is -0.358 e. The lowest BCUT2D eigenvalue weighted by Gasteiger charge is -2.47. The van der Waals surface area contributed by atoms with Crippen molar-refractivity contribution in [1.29, 1.82) is 0 Å². The van der Waals surface area contributed by atoms with E-state index < -0.39 is 5.72 Å². The van der Waals surface area contributed by atoms with Crippen LogP contribution in [0.1, 0.15) is 84.2 Å². The fraction of sp³-hybridized carbons (Fsp3) is 0.429. The van der Waals surface area contributed by atoms with Crippen molar-refractivity contribution in [3.8, 4) is 0 Å². The second-order valence-electron chi connectivity index (χ2n) is 12.3. The minimum atomic E-state index is -0.804. The molecule has 7 heteroatoms. The average molecular weight is 588 g/mol. The van der Waals surface area contributed by atoms with E-state index in [0.717, 1.165) is 49.2 Å². The van der Waals surface area contributed by atoms with Gasteiger partial charge in [0, 0.05) is 47.5 Å². The predicted octanol–water partition coefficient (Wildman–Crippen LogP) is 7.88.